The van der Waals surface area contributed by atoms with Crippen molar-refractivity contribution in [1.29, 1.82) is 0 Å². The summed E-state index contributed by atoms with van der Waals surface area (Å²) in [6, 6.07) is 4.58. The second-order valence-electron chi connectivity index (χ2n) is 5.05. The molecule has 0 aliphatic carbocycles. The van der Waals surface area contributed by atoms with Gasteiger partial charge in [-0.05, 0) is 18.2 Å². The quantitative estimate of drug-likeness (QED) is 0.909. The predicted molar refractivity (Wildman–Crippen MR) is 84.6 cm³/mol. The fraction of sp³-hybridized carbons (Fsp3) is 0.357. The maximum Gasteiger partial charge on any atom is 0.414 e. The molecule has 3 rings (SSSR count). The third-order valence-corrected chi connectivity index (χ3v) is 4.65. The molecule has 1 aromatic heterocycles. The Morgan fingerprint density at radius 1 is 1.57 bits per heavy atom. The molecule has 0 bridgehead atoms. The predicted octanol–water partition coefficient (Wildman–Crippen LogP) is 1.10. The number of ether oxygens (including phenoxy) is 1. The molecule has 7 nitrogen and oxygen atoms in total. The third kappa shape index (κ3) is 2.84. The molecule has 1 aromatic carbocycles. The van der Waals surface area contributed by atoms with Crippen LogP contribution in [0, 0.1) is 5.82 Å². The van der Waals surface area contributed by atoms with E-state index >= 15 is 0 Å². The number of aryl methyl sites for hydroxylation is 1. The maximum absolute atomic E-state index is 14.5. The summed E-state index contributed by atoms with van der Waals surface area (Å²) in [6.07, 6.45) is -0.878. The normalized spacial score (nSPS) is 18.6. The van der Waals surface area contributed by atoms with Gasteiger partial charge in [-0.25, -0.2) is 13.9 Å². The number of halogens is 1. The van der Waals surface area contributed by atoms with Crippen molar-refractivity contribution < 1.29 is 13.9 Å². The molecule has 0 unspecified atom stereocenters. The monoisotopic (exact) mass is 337 g/mol. The Balaban J connectivity index is 1.93. The number of carbonyl (C=O) groups is 1. The summed E-state index contributed by atoms with van der Waals surface area (Å²) < 4.78 is 21.1. The van der Waals surface area contributed by atoms with Gasteiger partial charge in [0.1, 0.15) is 16.9 Å². The van der Waals surface area contributed by atoms with Gasteiger partial charge in [0.2, 0.25) is 4.80 Å². The van der Waals surface area contributed by atoms with Crippen LogP contribution < -0.4 is 15.4 Å². The van der Waals surface area contributed by atoms with E-state index in [1.54, 1.807) is 30.9 Å². The van der Waals surface area contributed by atoms with Crippen molar-refractivity contribution in [3.05, 3.63) is 28.8 Å². The van der Waals surface area contributed by atoms with Crippen LogP contribution in [-0.2, 0) is 11.8 Å². The van der Waals surface area contributed by atoms with Crippen LogP contribution in [0.5, 0.6) is 0 Å². The number of carbonyl (C=O) groups excluding carboxylic acids is 1. The molecule has 1 saturated heterocycles. The van der Waals surface area contributed by atoms with E-state index in [1.165, 1.54) is 22.3 Å². The molecular weight excluding hydrogens is 321 g/mol. The van der Waals surface area contributed by atoms with Crippen molar-refractivity contribution in [1.82, 2.24) is 9.78 Å². The number of amides is 1. The van der Waals surface area contributed by atoms with Crippen LogP contribution in [0.3, 0.4) is 0 Å². The van der Waals surface area contributed by atoms with E-state index in [2.05, 4.69) is 10.1 Å². The first-order chi connectivity index (χ1) is 11.0. The third-order valence-electron chi connectivity index (χ3n) is 3.53. The largest absolute Gasteiger partial charge is 0.443 e. The summed E-state index contributed by atoms with van der Waals surface area (Å²) in [4.78, 5) is 17.9. The number of hydrogen-bond acceptors (Lipinski definition) is 6. The van der Waals surface area contributed by atoms with E-state index in [1.807, 2.05) is 0 Å². The smallest absolute Gasteiger partial charge is 0.414 e. The molecule has 2 heterocycles. The molecule has 23 heavy (non-hydrogen) atoms. The molecule has 2 aromatic rings. The Morgan fingerprint density at radius 2 is 2.35 bits per heavy atom. The maximum atomic E-state index is 14.5. The molecule has 1 atom stereocenters. The fourth-order valence-electron chi connectivity index (χ4n) is 2.35. The average Bonchev–Trinajstić information content (AvgIpc) is 3.09. The minimum Gasteiger partial charge on any atom is -0.443 e. The lowest BCUT2D eigenvalue weighted by Crippen LogP contribution is -2.27. The van der Waals surface area contributed by atoms with Crippen molar-refractivity contribution in [3.63, 3.8) is 0 Å². The van der Waals surface area contributed by atoms with Gasteiger partial charge < -0.3 is 10.5 Å². The van der Waals surface area contributed by atoms with Crippen molar-refractivity contribution >= 4 is 23.1 Å². The zero-order valence-electron chi connectivity index (χ0n) is 12.7. The average molecular weight is 337 g/mol. The highest BCUT2D eigenvalue weighted by atomic mass is 32.1. The van der Waals surface area contributed by atoms with Crippen LogP contribution in [0.1, 0.15) is 0 Å². The van der Waals surface area contributed by atoms with E-state index in [0.29, 0.717) is 27.6 Å². The van der Waals surface area contributed by atoms with Gasteiger partial charge in [0.25, 0.3) is 0 Å². The van der Waals surface area contributed by atoms with Crippen molar-refractivity contribution in [3.8, 4) is 10.6 Å². The van der Waals surface area contributed by atoms with Crippen LogP contribution in [0.2, 0.25) is 0 Å². The lowest BCUT2D eigenvalue weighted by Gasteiger charge is -2.13. The minimum atomic E-state index is -0.514. The van der Waals surface area contributed by atoms with Crippen LogP contribution in [0.4, 0.5) is 14.9 Å². The van der Waals surface area contributed by atoms with E-state index in [-0.39, 0.29) is 12.6 Å². The molecule has 0 radical (unpaired) electrons. The topological polar surface area (TPSA) is 85.7 Å². The molecule has 122 valence electrons. The molecule has 0 saturated carbocycles. The van der Waals surface area contributed by atoms with Gasteiger partial charge in [-0.1, -0.05) is 11.3 Å². The number of cyclic esters (lactones) is 1. The van der Waals surface area contributed by atoms with Crippen LogP contribution in [0.15, 0.2) is 23.2 Å². The Hall–Kier alpha value is -2.26. The van der Waals surface area contributed by atoms with Gasteiger partial charge in [0, 0.05) is 26.2 Å². The minimum absolute atomic E-state index is 0.238. The molecule has 1 fully saturated rings. The van der Waals surface area contributed by atoms with Gasteiger partial charge in [-0.3, -0.25) is 9.89 Å². The number of aromatic nitrogens is 2. The van der Waals surface area contributed by atoms with Gasteiger partial charge in [-0.2, -0.15) is 5.10 Å². The van der Waals surface area contributed by atoms with Crippen molar-refractivity contribution in [2.24, 2.45) is 17.8 Å². The lowest BCUT2D eigenvalue weighted by molar-refractivity contribution is 0.145. The van der Waals surface area contributed by atoms with Crippen molar-refractivity contribution in [2.75, 3.05) is 25.0 Å². The van der Waals surface area contributed by atoms with Crippen molar-refractivity contribution in [2.45, 2.75) is 6.10 Å². The molecular formula is C14H16FN5O2S. The summed E-state index contributed by atoms with van der Waals surface area (Å²) in [5, 5.41) is 4.79. The molecule has 9 heteroatoms. The fourth-order valence-corrected chi connectivity index (χ4v) is 3.23. The highest BCUT2D eigenvalue weighted by Gasteiger charge is 2.31. The van der Waals surface area contributed by atoms with Crippen LogP contribution in [-0.4, -0.2) is 42.1 Å². The number of nitrogens with zero attached hydrogens (tertiary/aromatic N) is 4. The van der Waals surface area contributed by atoms with E-state index in [4.69, 9.17) is 10.5 Å². The Kier molecular flexibility index (Phi) is 4.14. The zero-order chi connectivity index (χ0) is 16.6. The standard InChI is InChI=1S/C14H16FN5O2S/c1-17-13-19(2)18-12(23-13)10-4-3-8(5-11(10)15)20-7-9(6-16)22-14(20)21/h3-5,9H,6-7,16H2,1-2H3/t9-/m0/s1. The Bertz CT molecular complexity index is 816. The first kappa shape index (κ1) is 15.6. The molecule has 0 spiro atoms. The summed E-state index contributed by atoms with van der Waals surface area (Å²) in [7, 11) is 3.41. The number of nitrogens with two attached hydrogens (primary N) is 1. The van der Waals surface area contributed by atoms with E-state index in [9.17, 15) is 9.18 Å². The Morgan fingerprint density at radius 3 is 2.91 bits per heavy atom. The molecule has 1 aliphatic heterocycles. The highest BCUT2D eigenvalue weighted by Crippen LogP contribution is 2.29. The summed E-state index contributed by atoms with van der Waals surface area (Å²) >= 11 is 1.29. The zero-order valence-corrected chi connectivity index (χ0v) is 13.5. The van der Waals surface area contributed by atoms with Crippen LogP contribution in [0.25, 0.3) is 10.6 Å². The number of benzene rings is 1. The van der Waals surface area contributed by atoms with Gasteiger partial charge in [0.15, 0.2) is 0 Å². The number of hydrogen-bond donors (Lipinski definition) is 1. The van der Waals surface area contributed by atoms with Gasteiger partial charge in [-0.15, -0.1) is 0 Å². The molecule has 2 N–H and O–H groups in total. The second-order valence-corrected chi connectivity index (χ2v) is 6.01. The molecule has 1 amide bonds. The highest BCUT2D eigenvalue weighted by molar-refractivity contribution is 7.12. The summed E-state index contributed by atoms with van der Waals surface area (Å²) in [6.45, 7) is 0.556. The molecule has 1 aliphatic rings. The van der Waals surface area contributed by atoms with Gasteiger partial charge in [0.05, 0.1) is 12.2 Å². The van der Waals surface area contributed by atoms with E-state index in [0.717, 1.165) is 0 Å². The SMILES string of the molecule is CN=c1sc(-c2ccc(N3C[C@H](CN)OC3=O)cc2F)nn1C. The lowest BCUT2D eigenvalue weighted by atomic mass is 10.2. The first-order valence-corrected chi connectivity index (χ1v) is 7.80. The Labute approximate surface area is 135 Å². The summed E-state index contributed by atoms with van der Waals surface area (Å²) in [5.74, 6) is -0.455. The number of anilines is 1. The van der Waals surface area contributed by atoms with Crippen LogP contribution >= 0.6 is 11.3 Å². The second kappa shape index (κ2) is 6.09. The number of rotatable bonds is 3. The van der Waals surface area contributed by atoms with E-state index < -0.39 is 11.9 Å². The summed E-state index contributed by atoms with van der Waals surface area (Å²) in [5.41, 5.74) is 6.31. The van der Waals surface area contributed by atoms with Gasteiger partial charge >= 0.3 is 6.09 Å². The first-order valence-electron chi connectivity index (χ1n) is 6.98.